The SMILES string of the molecule is C1COC(NCCN(CCNC2=NCCO2)C2=NCCO2)=N1. The summed E-state index contributed by atoms with van der Waals surface area (Å²) in [4.78, 5) is 14.9. The molecule has 0 atom stereocenters. The summed E-state index contributed by atoms with van der Waals surface area (Å²) in [5, 5.41) is 6.35. The smallest absolute Gasteiger partial charge is 0.287 e. The molecule has 0 bridgehead atoms. The third-order valence-electron chi connectivity index (χ3n) is 3.33. The molecule has 3 aliphatic heterocycles. The number of nitrogens with zero attached hydrogens (tertiary/aromatic N) is 4. The fraction of sp³-hybridized carbons (Fsp3) is 0.769. The number of hydrogen-bond acceptors (Lipinski definition) is 9. The van der Waals surface area contributed by atoms with E-state index in [2.05, 4.69) is 30.5 Å². The van der Waals surface area contributed by atoms with Crippen LogP contribution in [-0.4, -0.2) is 88.6 Å². The summed E-state index contributed by atoms with van der Waals surface area (Å²) in [5.41, 5.74) is 0. The second-order valence-corrected chi connectivity index (χ2v) is 4.92. The Morgan fingerprint density at radius 1 is 0.773 bits per heavy atom. The van der Waals surface area contributed by atoms with E-state index in [1.807, 2.05) is 0 Å². The Morgan fingerprint density at radius 3 is 1.77 bits per heavy atom. The summed E-state index contributed by atoms with van der Waals surface area (Å²) in [6.07, 6.45) is 0. The van der Waals surface area contributed by atoms with Gasteiger partial charge >= 0.3 is 0 Å². The molecule has 122 valence electrons. The molecule has 9 nitrogen and oxygen atoms in total. The average Bonchev–Trinajstić information content (AvgIpc) is 3.28. The molecule has 0 saturated heterocycles. The van der Waals surface area contributed by atoms with Crippen LogP contribution in [0.4, 0.5) is 0 Å². The van der Waals surface area contributed by atoms with Gasteiger partial charge in [0.2, 0.25) is 0 Å². The first-order valence-corrected chi connectivity index (χ1v) is 7.66. The lowest BCUT2D eigenvalue weighted by Crippen LogP contribution is -2.43. The monoisotopic (exact) mass is 310 g/mol. The second-order valence-electron chi connectivity index (χ2n) is 4.92. The van der Waals surface area contributed by atoms with Crippen LogP contribution in [0.2, 0.25) is 0 Å². The van der Waals surface area contributed by atoms with E-state index in [-0.39, 0.29) is 0 Å². The molecule has 3 aliphatic rings. The van der Waals surface area contributed by atoms with Gasteiger partial charge in [-0.1, -0.05) is 0 Å². The first-order valence-electron chi connectivity index (χ1n) is 7.66. The highest BCUT2D eigenvalue weighted by atomic mass is 16.5. The predicted molar refractivity (Wildman–Crippen MR) is 82.3 cm³/mol. The van der Waals surface area contributed by atoms with Gasteiger partial charge in [0.15, 0.2) is 0 Å². The molecule has 0 radical (unpaired) electrons. The number of rotatable bonds is 6. The van der Waals surface area contributed by atoms with Crippen LogP contribution < -0.4 is 10.6 Å². The standard InChI is InChI=1S/C13H22N6O3/c1(14-11-16-3-8-20-11)6-19(13-18-5-10-22-13)7-2-15-12-17-4-9-21-12/h1-10H2,(H,14,16)(H,15,17). The molecule has 0 aliphatic carbocycles. The molecule has 0 amide bonds. The number of nitrogens with one attached hydrogen (secondary N) is 2. The molecule has 9 heteroatoms. The lowest BCUT2D eigenvalue weighted by atomic mass is 10.4. The van der Waals surface area contributed by atoms with Crippen LogP contribution in [0, 0.1) is 0 Å². The molecule has 0 spiro atoms. The maximum atomic E-state index is 5.56. The minimum Gasteiger partial charge on any atom is -0.463 e. The Bertz CT molecular complexity index is 435. The third kappa shape index (κ3) is 4.15. The summed E-state index contributed by atoms with van der Waals surface area (Å²) in [5.74, 6) is 0. The first-order chi connectivity index (χ1) is 10.9. The van der Waals surface area contributed by atoms with Gasteiger partial charge in [0.05, 0.1) is 19.6 Å². The highest BCUT2D eigenvalue weighted by Gasteiger charge is 2.17. The molecule has 3 heterocycles. The number of amidine groups is 3. The molecule has 0 aromatic heterocycles. The fourth-order valence-corrected chi connectivity index (χ4v) is 2.30. The Morgan fingerprint density at radius 2 is 1.32 bits per heavy atom. The Labute approximate surface area is 129 Å². The fourth-order valence-electron chi connectivity index (χ4n) is 2.30. The van der Waals surface area contributed by atoms with Gasteiger partial charge in [-0.15, -0.1) is 0 Å². The van der Waals surface area contributed by atoms with Crippen molar-refractivity contribution < 1.29 is 14.2 Å². The van der Waals surface area contributed by atoms with E-state index >= 15 is 0 Å². The van der Waals surface area contributed by atoms with Crippen LogP contribution in [0.25, 0.3) is 0 Å². The quantitative estimate of drug-likeness (QED) is 0.629. The van der Waals surface area contributed by atoms with Gasteiger partial charge in [-0.2, -0.15) is 0 Å². The van der Waals surface area contributed by atoms with Crippen LogP contribution in [-0.2, 0) is 14.2 Å². The van der Waals surface area contributed by atoms with Gasteiger partial charge in [0.1, 0.15) is 19.8 Å². The van der Waals surface area contributed by atoms with Crippen LogP contribution in [0.15, 0.2) is 15.0 Å². The highest BCUT2D eigenvalue weighted by Crippen LogP contribution is 2.01. The number of aliphatic imine (C=N–C) groups is 3. The largest absolute Gasteiger partial charge is 0.463 e. The third-order valence-corrected chi connectivity index (χ3v) is 3.33. The Balaban J connectivity index is 1.42. The van der Waals surface area contributed by atoms with E-state index in [0.717, 1.165) is 45.8 Å². The van der Waals surface area contributed by atoms with E-state index in [0.29, 0.717) is 37.9 Å². The lowest BCUT2D eigenvalue weighted by molar-refractivity contribution is 0.261. The predicted octanol–water partition coefficient (Wildman–Crippen LogP) is -1.37. The molecule has 0 aromatic carbocycles. The Hall–Kier alpha value is -2.19. The molecule has 3 rings (SSSR count). The molecule has 22 heavy (non-hydrogen) atoms. The zero-order valence-corrected chi connectivity index (χ0v) is 12.6. The Kier molecular flexibility index (Phi) is 5.17. The van der Waals surface area contributed by atoms with Crippen LogP contribution >= 0.6 is 0 Å². The molecule has 0 fully saturated rings. The number of hydrogen-bond donors (Lipinski definition) is 2. The van der Waals surface area contributed by atoms with Crippen molar-refractivity contribution in [2.24, 2.45) is 15.0 Å². The maximum absolute atomic E-state index is 5.56. The van der Waals surface area contributed by atoms with E-state index in [9.17, 15) is 0 Å². The van der Waals surface area contributed by atoms with Gasteiger partial charge < -0.3 is 29.7 Å². The molecule has 0 saturated carbocycles. The molecule has 0 unspecified atom stereocenters. The number of ether oxygens (including phenoxy) is 3. The van der Waals surface area contributed by atoms with Crippen molar-refractivity contribution in [1.29, 1.82) is 0 Å². The van der Waals surface area contributed by atoms with Crippen molar-refractivity contribution in [3.8, 4) is 0 Å². The topological polar surface area (TPSA) is 92.1 Å². The van der Waals surface area contributed by atoms with Crippen LogP contribution in [0.5, 0.6) is 0 Å². The van der Waals surface area contributed by atoms with E-state index < -0.39 is 0 Å². The van der Waals surface area contributed by atoms with Crippen molar-refractivity contribution in [2.45, 2.75) is 0 Å². The van der Waals surface area contributed by atoms with Crippen molar-refractivity contribution in [2.75, 3.05) is 65.6 Å². The van der Waals surface area contributed by atoms with Gasteiger partial charge in [0.25, 0.3) is 18.1 Å². The van der Waals surface area contributed by atoms with Crippen LogP contribution in [0.1, 0.15) is 0 Å². The normalized spacial score (nSPS) is 19.5. The minimum absolute atomic E-state index is 0.626. The zero-order chi connectivity index (χ0) is 15.0. The summed E-state index contributed by atoms with van der Waals surface area (Å²) >= 11 is 0. The summed E-state index contributed by atoms with van der Waals surface area (Å²) in [7, 11) is 0. The van der Waals surface area contributed by atoms with Gasteiger partial charge in [0, 0.05) is 26.2 Å². The van der Waals surface area contributed by atoms with Crippen molar-refractivity contribution in [1.82, 2.24) is 15.5 Å². The summed E-state index contributed by atoms with van der Waals surface area (Å²) in [6, 6.07) is 1.95. The minimum atomic E-state index is 0.626. The average molecular weight is 310 g/mol. The lowest BCUT2D eigenvalue weighted by Gasteiger charge is -2.23. The van der Waals surface area contributed by atoms with Crippen molar-refractivity contribution >= 4 is 18.1 Å². The second kappa shape index (κ2) is 7.71. The van der Waals surface area contributed by atoms with Gasteiger partial charge in [-0.25, -0.2) is 15.0 Å². The van der Waals surface area contributed by atoms with Gasteiger partial charge in [-0.05, 0) is 0 Å². The van der Waals surface area contributed by atoms with E-state index in [4.69, 9.17) is 14.2 Å². The van der Waals surface area contributed by atoms with E-state index in [1.165, 1.54) is 0 Å². The summed E-state index contributed by atoms with van der Waals surface area (Å²) in [6.45, 7) is 7.12. The van der Waals surface area contributed by atoms with Gasteiger partial charge in [-0.3, -0.25) is 0 Å². The van der Waals surface area contributed by atoms with E-state index in [1.54, 1.807) is 0 Å². The molecular formula is C13H22N6O3. The summed E-state index contributed by atoms with van der Waals surface area (Å²) < 4.78 is 16.2. The molecule has 0 aromatic rings. The molecular weight excluding hydrogens is 288 g/mol. The molecule has 2 N–H and O–H groups in total. The van der Waals surface area contributed by atoms with Crippen LogP contribution in [0.3, 0.4) is 0 Å². The first kappa shape index (κ1) is 14.7. The van der Waals surface area contributed by atoms with Crippen molar-refractivity contribution in [3.63, 3.8) is 0 Å². The zero-order valence-electron chi connectivity index (χ0n) is 12.6. The van der Waals surface area contributed by atoms with Crippen molar-refractivity contribution in [3.05, 3.63) is 0 Å². The highest BCUT2D eigenvalue weighted by molar-refractivity contribution is 5.76. The maximum Gasteiger partial charge on any atom is 0.287 e.